The van der Waals surface area contributed by atoms with Gasteiger partial charge in [-0.25, -0.2) is 17.5 Å². The second-order valence-corrected chi connectivity index (χ2v) is 5.31. The maximum atomic E-state index is 13.3. The maximum absolute atomic E-state index is 13.3. The largest absolute Gasteiger partial charge is 0.338 e. The Morgan fingerprint density at radius 1 is 1.39 bits per heavy atom. The number of hydrogen-bond donors (Lipinski definition) is 1. The van der Waals surface area contributed by atoms with Crippen molar-refractivity contribution in [2.24, 2.45) is 0 Å². The number of nitrogens with zero attached hydrogens (tertiary/aromatic N) is 2. The fourth-order valence-corrected chi connectivity index (χ4v) is 2.41. The van der Waals surface area contributed by atoms with Gasteiger partial charge in [-0.15, -0.1) is 0 Å². The first kappa shape index (κ1) is 12.5. The van der Waals surface area contributed by atoms with Crippen LogP contribution in [0.3, 0.4) is 0 Å². The molecule has 8 heteroatoms. The third-order valence-corrected chi connectivity index (χ3v) is 3.26. The molecule has 0 fully saturated rings. The maximum Gasteiger partial charge on any atom is 0.277 e. The van der Waals surface area contributed by atoms with Crippen LogP contribution in [0.1, 0.15) is 11.5 Å². The Balaban J connectivity index is 2.15. The van der Waals surface area contributed by atoms with E-state index in [1.165, 1.54) is 25.1 Å². The van der Waals surface area contributed by atoms with Crippen molar-refractivity contribution in [3.63, 3.8) is 0 Å². The molecular weight excluding hydrogens is 261 g/mol. The Kier molecular flexibility index (Phi) is 3.28. The van der Waals surface area contributed by atoms with Crippen LogP contribution in [0.4, 0.5) is 10.3 Å². The van der Waals surface area contributed by atoms with Crippen LogP contribution in [-0.2, 0) is 15.8 Å². The van der Waals surface area contributed by atoms with Crippen LogP contribution in [0.2, 0.25) is 0 Å². The Bertz CT molecular complexity index is 654. The van der Waals surface area contributed by atoms with Gasteiger partial charge in [-0.05, 0) is 11.2 Å². The van der Waals surface area contributed by atoms with Gasteiger partial charge in [0.25, 0.3) is 5.95 Å². The molecule has 0 spiro atoms. The van der Waals surface area contributed by atoms with Gasteiger partial charge in [-0.1, -0.05) is 18.2 Å². The van der Waals surface area contributed by atoms with Crippen molar-refractivity contribution in [3.05, 3.63) is 41.5 Å². The number of halogens is 1. The Morgan fingerprint density at radius 3 is 2.72 bits per heavy atom. The zero-order valence-corrected chi connectivity index (χ0v) is 10.2. The Hall–Kier alpha value is -1.96. The quantitative estimate of drug-likeness (QED) is 0.909. The second-order valence-electron chi connectivity index (χ2n) is 3.59. The van der Waals surface area contributed by atoms with Crippen LogP contribution in [0, 0.1) is 12.7 Å². The fourth-order valence-electron chi connectivity index (χ4n) is 1.34. The average Bonchev–Trinajstić information content (AvgIpc) is 2.66. The van der Waals surface area contributed by atoms with E-state index in [1.807, 2.05) is 0 Å². The number of aryl methyl sites for hydroxylation is 1. The average molecular weight is 271 g/mol. The molecule has 0 saturated heterocycles. The first-order valence-electron chi connectivity index (χ1n) is 5.00. The van der Waals surface area contributed by atoms with Gasteiger partial charge in [0.1, 0.15) is 5.82 Å². The van der Waals surface area contributed by atoms with Crippen molar-refractivity contribution in [1.29, 1.82) is 0 Å². The zero-order chi connectivity index (χ0) is 13.2. The van der Waals surface area contributed by atoms with E-state index in [0.717, 1.165) is 0 Å². The monoisotopic (exact) mass is 271 g/mol. The van der Waals surface area contributed by atoms with Crippen molar-refractivity contribution in [3.8, 4) is 0 Å². The van der Waals surface area contributed by atoms with E-state index in [0.29, 0.717) is 0 Å². The number of sulfonamides is 1. The predicted octanol–water partition coefficient (Wildman–Crippen LogP) is 1.46. The molecule has 0 unspecified atom stereocenters. The van der Waals surface area contributed by atoms with Crippen molar-refractivity contribution >= 4 is 16.0 Å². The van der Waals surface area contributed by atoms with Crippen LogP contribution >= 0.6 is 0 Å². The highest BCUT2D eigenvalue weighted by atomic mass is 32.2. The van der Waals surface area contributed by atoms with Gasteiger partial charge in [0.2, 0.25) is 15.9 Å². The molecule has 2 aromatic rings. The summed E-state index contributed by atoms with van der Waals surface area (Å²) in [6.45, 7) is 1.53. The molecule has 0 atom stereocenters. The lowest BCUT2D eigenvalue weighted by molar-refractivity contribution is 0.395. The van der Waals surface area contributed by atoms with Gasteiger partial charge in [0.15, 0.2) is 0 Å². The molecule has 1 N–H and O–H groups in total. The number of benzene rings is 1. The fraction of sp³-hybridized carbons (Fsp3) is 0.200. The first-order chi connectivity index (χ1) is 8.46. The van der Waals surface area contributed by atoms with E-state index in [1.54, 1.807) is 6.07 Å². The van der Waals surface area contributed by atoms with Gasteiger partial charge >= 0.3 is 0 Å². The van der Waals surface area contributed by atoms with Gasteiger partial charge in [0.05, 0.1) is 5.75 Å². The molecule has 96 valence electrons. The second kappa shape index (κ2) is 4.73. The zero-order valence-electron chi connectivity index (χ0n) is 9.42. The van der Waals surface area contributed by atoms with Crippen LogP contribution in [0.25, 0.3) is 0 Å². The Labute approximate surface area is 103 Å². The number of rotatable bonds is 4. The van der Waals surface area contributed by atoms with Gasteiger partial charge < -0.3 is 4.52 Å². The summed E-state index contributed by atoms with van der Waals surface area (Å²) < 4.78 is 43.5. The molecule has 0 aliphatic carbocycles. The van der Waals surface area contributed by atoms with E-state index in [4.69, 9.17) is 0 Å². The first-order valence-corrected chi connectivity index (χ1v) is 6.66. The molecule has 1 heterocycles. The van der Waals surface area contributed by atoms with Crippen LogP contribution < -0.4 is 4.72 Å². The summed E-state index contributed by atoms with van der Waals surface area (Å²) in [5.74, 6) is -0.998. The molecule has 6 nitrogen and oxygen atoms in total. The lowest BCUT2D eigenvalue weighted by atomic mass is 10.2. The summed E-state index contributed by atoms with van der Waals surface area (Å²) in [5.41, 5.74) is 0.0743. The van der Waals surface area contributed by atoms with Crippen molar-refractivity contribution in [2.75, 3.05) is 4.72 Å². The smallest absolute Gasteiger partial charge is 0.277 e. The summed E-state index contributed by atoms with van der Waals surface area (Å²) in [6, 6.07) is 5.65. The molecule has 0 amide bonds. The molecular formula is C10H10FN3O3S. The summed E-state index contributed by atoms with van der Waals surface area (Å²) in [6.07, 6.45) is 0. The lowest BCUT2D eigenvalue weighted by Crippen LogP contribution is -2.16. The SMILES string of the molecule is Cc1nc(NS(=O)(=O)Cc2ccccc2F)no1. The molecule has 2 rings (SSSR count). The van der Waals surface area contributed by atoms with E-state index >= 15 is 0 Å². The number of hydrogen-bond acceptors (Lipinski definition) is 5. The summed E-state index contributed by atoms with van der Waals surface area (Å²) in [5, 5.41) is 3.39. The molecule has 0 aliphatic heterocycles. The summed E-state index contributed by atoms with van der Waals surface area (Å²) >= 11 is 0. The van der Waals surface area contributed by atoms with Crippen molar-refractivity contribution in [2.45, 2.75) is 12.7 Å². The highest BCUT2D eigenvalue weighted by Gasteiger charge is 2.16. The lowest BCUT2D eigenvalue weighted by Gasteiger charge is -2.04. The standard InChI is InChI=1S/C10H10FN3O3S/c1-7-12-10(13-17-7)14-18(15,16)6-8-4-2-3-5-9(8)11/h2-5H,6H2,1H3,(H,13,14). The summed E-state index contributed by atoms with van der Waals surface area (Å²) in [7, 11) is -3.77. The molecule has 0 saturated carbocycles. The van der Waals surface area contributed by atoms with E-state index in [9.17, 15) is 12.8 Å². The summed E-state index contributed by atoms with van der Waals surface area (Å²) in [4.78, 5) is 3.70. The topological polar surface area (TPSA) is 85.1 Å². The third kappa shape index (κ3) is 3.04. The molecule has 0 bridgehead atoms. The minimum absolute atomic E-state index is 0.0743. The Morgan fingerprint density at radius 2 is 2.11 bits per heavy atom. The van der Waals surface area contributed by atoms with E-state index in [2.05, 4.69) is 19.4 Å². The molecule has 0 aliphatic rings. The third-order valence-electron chi connectivity index (χ3n) is 2.08. The van der Waals surface area contributed by atoms with Gasteiger partial charge in [-0.2, -0.15) is 4.98 Å². The molecule has 0 radical (unpaired) electrons. The van der Waals surface area contributed by atoms with Gasteiger partial charge in [0, 0.05) is 12.5 Å². The minimum Gasteiger partial charge on any atom is -0.338 e. The van der Waals surface area contributed by atoms with Gasteiger partial charge in [-0.3, -0.25) is 0 Å². The van der Waals surface area contributed by atoms with Crippen LogP contribution in [0.5, 0.6) is 0 Å². The van der Waals surface area contributed by atoms with Crippen LogP contribution in [-0.4, -0.2) is 18.6 Å². The molecule has 1 aromatic carbocycles. The predicted molar refractivity (Wildman–Crippen MR) is 61.7 cm³/mol. The minimum atomic E-state index is -3.77. The molecule has 1 aromatic heterocycles. The molecule has 18 heavy (non-hydrogen) atoms. The number of nitrogens with one attached hydrogen (secondary N) is 1. The number of aromatic nitrogens is 2. The number of anilines is 1. The highest BCUT2D eigenvalue weighted by Crippen LogP contribution is 2.12. The van der Waals surface area contributed by atoms with E-state index < -0.39 is 21.6 Å². The normalized spacial score (nSPS) is 11.4. The highest BCUT2D eigenvalue weighted by molar-refractivity contribution is 7.91. The van der Waals surface area contributed by atoms with Crippen molar-refractivity contribution < 1.29 is 17.3 Å². The van der Waals surface area contributed by atoms with Crippen LogP contribution in [0.15, 0.2) is 28.8 Å². The van der Waals surface area contributed by atoms with E-state index in [-0.39, 0.29) is 17.4 Å². The van der Waals surface area contributed by atoms with Crippen molar-refractivity contribution in [1.82, 2.24) is 10.1 Å².